The topological polar surface area (TPSA) is 0 Å². The number of rotatable bonds is 2. The second-order valence-electron chi connectivity index (χ2n) is 7.05. The summed E-state index contributed by atoms with van der Waals surface area (Å²) < 4.78 is 0. The van der Waals surface area contributed by atoms with Gasteiger partial charge in [-0.3, -0.25) is 0 Å². The van der Waals surface area contributed by atoms with Gasteiger partial charge in [0, 0.05) is 11.3 Å². The Morgan fingerprint density at radius 1 is 0.864 bits per heavy atom. The molecule has 0 aliphatic heterocycles. The third-order valence-corrected chi connectivity index (χ3v) is 5.77. The van der Waals surface area contributed by atoms with Crippen molar-refractivity contribution in [1.29, 1.82) is 0 Å². The SMILES string of the molecule is Cc1ccc(C2(C3C=Cc4ccccc43)CCCCC2)cc1. The Balaban J connectivity index is 1.82. The van der Waals surface area contributed by atoms with E-state index in [9.17, 15) is 0 Å². The minimum absolute atomic E-state index is 0.301. The number of aryl methyl sites for hydroxylation is 1. The van der Waals surface area contributed by atoms with Crippen LogP contribution in [0.4, 0.5) is 0 Å². The van der Waals surface area contributed by atoms with E-state index in [1.807, 2.05) is 0 Å². The third kappa shape index (κ3) is 2.13. The molecule has 0 saturated heterocycles. The van der Waals surface area contributed by atoms with Gasteiger partial charge in [0.2, 0.25) is 0 Å². The maximum Gasteiger partial charge on any atom is 0.0124 e. The van der Waals surface area contributed by atoms with E-state index in [1.165, 1.54) is 48.8 Å². The highest BCUT2D eigenvalue weighted by Gasteiger charge is 2.42. The molecule has 112 valence electrons. The highest BCUT2D eigenvalue weighted by Crippen LogP contribution is 2.52. The van der Waals surface area contributed by atoms with Crippen LogP contribution < -0.4 is 0 Å². The largest absolute Gasteiger partial charge is 0.0755 e. The molecule has 2 aromatic rings. The van der Waals surface area contributed by atoms with Crippen molar-refractivity contribution < 1.29 is 0 Å². The number of allylic oxidation sites excluding steroid dienone is 1. The Hall–Kier alpha value is -1.82. The monoisotopic (exact) mass is 288 g/mol. The molecule has 0 aromatic heterocycles. The van der Waals surface area contributed by atoms with Gasteiger partial charge in [0.25, 0.3) is 0 Å². The molecule has 0 heterocycles. The van der Waals surface area contributed by atoms with E-state index in [0.29, 0.717) is 11.3 Å². The molecule has 0 heteroatoms. The molecule has 0 N–H and O–H groups in total. The summed E-state index contributed by atoms with van der Waals surface area (Å²) in [5, 5.41) is 0. The molecule has 1 fully saturated rings. The molecule has 1 saturated carbocycles. The van der Waals surface area contributed by atoms with E-state index >= 15 is 0 Å². The summed E-state index contributed by atoms with van der Waals surface area (Å²) >= 11 is 0. The minimum Gasteiger partial charge on any atom is -0.0755 e. The average molecular weight is 288 g/mol. The van der Waals surface area contributed by atoms with Gasteiger partial charge in [0.1, 0.15) is 0 Å². The number of benzene rings is 2. The Morgan fingerprint density at radius 3 is 2.36 bits per heavy atom. The first-order valence-corrected chi connectivity index (χ1v) is 8.64. The van der Waals surface area contributed by atoms with Gasteiger partial charge in [-0.15, -0.1) is 0 Å². The first-order valence-electron chi connectivity index (χ1n) is 8.64. The second kappa shape index (κ2) is 5.43. The van der Waals surface area contributed by atoms with Gasteiger partial charge in [-0.05, 0) is 36.5 Å². The van der Waals surface area contributed by atoms with Gasteiger partial charge in [0.15, 0.2) is 0 Å². The van der Waals surface area contributed by atoms with Gasteiger partial charge in [0.05, 0.1) is 0 Å². The van der Waals surface area contributed by atoms with Crippen LogP contribution >= 0.6 is 0 Å². The van der Waals surface area contributed by atoms with Crippen LogP contribution in [-0.2, 0) is 5.41 Å². The molecule has 0 bridgehead atoms. The summed E-state index contributed by atoms with van der Waals surface area (Å²) in [5.41, 5.74) is 6.16. The minimum atomic E-state index is 0.301. The lowest BCUT2D eigenvalue weighted by atomic mass is 9.61. The molecule has 0 radical (unpaired) electrons. The van der Waals surface area contributed by atoms with Crippen molar-refractivity contribution in [1.82, 2.24) is 0 Å². The molecule has 2 aromatic carbocycles. The van der Waals surface area contributed by atoms with Gasteiger partial charge < -0.3 is 0 Å². The van der Waals surface area contributed by atoms with Crippen molar-refractivity contribution in [2.45, 2.75) is 50.4 Å². The zero-order valence-electron chi connectivity index (χ0n) is 13.4. The van der Waals surface area contributed by atoms with Crippen molar-refractivity contribution >= 4 is 6.08 Å². The molecule has 1 atom stereocenters. The van der Waals surface area contributed by atoms with Crippen LogP contribution in [0.25, 0.3) is 6.08 Å². The Labute approximate surface area is 133 Å². The molecule has 4 rings (SSSR count). The summed E-state index contributed by atoms with van der Waals surface area (Å²) in [7, 11) is 0. The van der Waals surface area contributed by atoms with Gasteiger partial charge >= 0.3 is 0 Å². The highest BCUT2D eigenvalue weighted by molar-refractivity contribution is 5.64. The molecule has 0 spiro atoms. The third-order valence-electron chi connectivity index (χ3n) is 5.77. The summed E-state index contributed by atoms with van der Waals surface area (Å²) in [4.78, 5) is 0. The molecular formula is C22H24. The van der Waals surface area contributed by atoms with Crippen LogP contribution in [0.3, 0.4) is 0 Å². The molecule has 1 unspecified atom stereocenters. The summed E-state index contributed by atoms with van der Waals surface area (Å²) in [6, 6.07) is 18.3. The van der Waals surface area contributed by atoms with E-state index in [1.54, 1.807) is 5.56 Å². The summed E-state index contributed by atoms with van der Waals surface area (Å²) in [6.45, 7) is 2.18. The van der Waals surface area contributed by atoms with Crippen molar-refractivity contribution in [3.05, 3.63) is 76.9 Å². The van der Waals surface area contributed by atoms with Crippen LogP contribution in [0.15, 0.2) is 54.6 Å². The van der Waals surface area contributed by atoms with E-state index in [0.717, 1.165) is 0 Å². The Morgan fingerprint density at radius 2 is 1.59 bits per heavy atom. The molecule has 2 aliphatic carbocycles. The van der Waals surface area contributed by atoms with Gasteiger partial charge in [-0.25, -0.2) is 0 Å². The highest BCUT2D eigenvalue weighted by atomic mass is 14.5. The van der Waals surface area contributed by atoms with Crippen LogP contribution in [0.2, 0.25) is 0 Å². The molecule has 0 nitrogen and oxygen atoms in total. The quantitative estimate of drug-likeness (QED) is 0.635. The predicted molar refractivity (Wildman–Crippen MR) is 94.2 cm³/mol. The van der Waals surface area contributed by atoms with Crippen molar-refractivity contribution in [2.24, 2.45) is 0 Å². The normalized spacial score (nSPS) is 22.5. The van der Waals surface area contributed by atoms with Gasteiger partial charge in [-0.2, -0.15) is 0 Å². The number of hydrogen-bond donors (Lipinski definition) is 0. The maximum atomic E-state index is 2.47. The maximum absolute atomic E-state index is 2.47. The predicted octanol–water partition coefficient (Wildman–Crippen LogP) is 6.01. The average Bonchev–Trinajstić information content (AvgIpc) is 3.01. The zero-order valence-corrected chi connectivity index (χ0v) is 13.4. The van der Waals surface area contributed by atoms with Crippen LogP contribution in [0, 0.1) is 6.92 Å². The fraction of sp³-hybridized carbons (Fsp3) is 0.364. The van der Waals surface area contributed by atoms with E-state index < -0.39 is 0 Å². The Bertz CT molecular complexity index is 684. The fourth-order valence-corrected chi connectivity index (χ4v) is 4.58. The molecule has 0 amide bonds. The number of hydrogen-bond acceptors (Lipinski definition) is 0. The van der Waals surface area contributed by atoms with E-state index in [4.69, 9.17) is 0 Å². The lowest BCUT2D eigenvalue weighted by Crippen LogP contribution is -2.34. The first kappa shape index (κ1) is 13.8. The standard InChI is InChI=1S/C22H24/c1-17-9-12-19(13-10-17)22(15-5-2-6-16-22)21-14-11-18-7-3-4-8-20(18)21/h3-4,7-14,21H,2,5-6,15-16H2,1H3. The molecular weight excluding hydrogens is 264 g/mol. The lowest BCUT2D eigenvalue weighted by Gasteiger charge is -2.43. The first-order chi connectivity index (χ1) is 10.8. The molecule has 2 aliphatic rings. The summed E-state index contributed by atoms with van der Waals surface area (Å²) in [6.07, 6.45) is 11.6. The summed E-state index contributed by atoms with van der Waals surface area (Å²) in [5.74, 6) is 0.548. The second-order valence-corrected chi connectivity index (χ2v) is 7.05. The van der Waals surface area contributed by atoms with Crippen LogP contribution in [0.5, 0.6) is 0 Å². The van der Waals surface area contributed by atoms with E-state index in [-0.39, 0.29) is 0 Å². The van der Waals surface area contributed by atoms with Crippen molar-refractivity contribution in [3.63, 3.8) is 0 Å². The van der Waals surface area contributed by atoms with E-state index in [2.05, 4.69) is 67.6 Å². The fourth-order valence-electron chi connectivity index (χ4n) is 4.58. The lowest BCUT2D eigenvalue weighted by molar-refractivity contribution is 0.268. The Kier molecular flexibility index (Phi) is 3.41. The van der Waals surface area contributed by atoms with Crippen molar-refractivity contribution in [3.8, 4) is 0 Å². The molecule has 22 heavy (non-hydrogen) atoms. The van der Waals surface area contributed by atoms with Crippen molar-refractivity contribution in [2.75, 3.05) is 0 Å². The van der Waals surface area contributed by atoms with Gasteiger partial charge in [-0.1, -0.05) is 85.5 Å². The van der Waals surface area contributed by atoms with Crippen LogP contribution in [0.1, 0.15) is 60.3 Å². The van der Waals surface area contributed by atoms with Crippen LogP contribution in [-0.4, -0.2) is 0 Å². The zero-order chi connectivity index (χ0) is 15.0. The number of fused-ring (bicyclic) bond motifs is 1. The smallest absolute Gasteiger partial charge is 0.0124 e.